The topological polar surface area (TPSA) is 73.8 Å². The van der Waals surface area contributed by atoms with E-state index in [1.54, 1.807) is 23.2 Å². The first-order valence-electron chi connectivity index (χ1n) is 8.87. The maximum Gasteiger partial charge on any atom is 0.221 e. The van der Waals surface area contributed by atoms with Crippen LogP contribution in [0.5, 0.6) is 0 Å². The van der Waals surface area contributed by atoms with E-state index < -0.39 is 6.67 Å². The minimum Gasteiger partial charge on any atom is -0.369 e. The third-order valence-electron chi connectivity index (χ3n) is 4.78. The van der Waals surface area contributed by atoms with Crippen LogP contribution in [0.4, 0.5) is 4.39 Å². The van der Waals surface area contributed by atoms with Gasteiger partial charge in [0.15, 0.2) is 0 Å². The molecule has 3 aromatic rings. The molecule has 28 heavy (non-hydrogen) atoms. The van der Waals surface area contributed by atoms with Gasteiger partial charge in [-0.05, 0) is 41.8 Å². The number of pyridine rings is 1. The highest BCUT2D eigenvalue weighted by Crippen LogP contribution is 2.47. The third-order valence-corrected chi connectivity index (χ3v) is 6.08. The Balaban J connectivity index is 1.62. The number of nitrogens with two attached hydrogens (primary N) is 1. The van der Waals surface area contributed by atoms with Crippen LogP contribution in [0.2, 0.25) is 5.02 Å². The summed E-state index contributed by atoms with van der Waals surface area (Å²) in [5.74, 6) is -0.0901. The number of carbonyl (C=O) groups excluding carboxylic acids is 1. The third kappa shape index (κ3) is 3.91. The normalized spacial score (nSPS) is 18.2. The Bertz CT molecular complexity index is 990. The van der Waals surface area contributed by atoms with E-state index >= 15 is 0 Å². The Kier molecular flexibility index (Phi) is 5.37. The van der Waals surface area contributed by atoms with E-state index in [9.17, 15) is 9.18 Å². The van der Waals surface area contributed by atoms with Crippen molar-refractivity contribution in [3.05, 3.63) is 59.5 Å². The van der Waals surface area contributed by atoms with Gasteiger partial charge < -0.3 is 10.3 Å². The molecule has 1 aromatic carbocycles. The minimum absolute atomic E-state index is 0.0586. The molecule has 2 heterocycles. The zero-order valence-corrected chi connectivity index (χ0v) is 16.5. The number of benzene rings is 1. The van der Waals surface area contributed by atoms with Gasteiger partial charge in [0, 0.05) is 17.7 Å². The molecular weight excluding hydrogens is 399 g/mol. The van der Waals surface area contributed by atoms with Crippen molar-refractivity contribution in [3.8, 4) is 11.3 Å². The van der Waals surface area contributed by atoms with Gasteiger partial charge in [-0.1, -0.05) is 35.9 Å². The van der Waals surface area contributed by atoms with Crippen LogP contribution in [0.15, 0.2) is 59.0 Å². The summed E-state index contributed by atoms with van der Waals surface area (Å²) in [6.07, 6.45) is 4.03. The number of primary amides is 1. The van der Waals surface area contributed by atoms with Gasteiger partial charge in [0.1, 0.15) is 22.4 Å². The van der Waals surface area contributed by atoms with Gasteiger partial charge in [0.05, 0.1) is 17.9 Å². The Labute approximate surface area is 171 Å². The molecule has 0 spiro atoms. The van der Waals surface area contributed by atoms with Crippen molar-refractivity contribution in [2.75, 3.05) is 6.67 Å². The van der Waals surface area contributed by atoms with Gasteiger partial charge >= 0.3 is 0 Å². The molecule has 144 valence electrons. The second-order valence-electron chi connectivity index (χ2n) is 6.67. The summed E-state index contributed by atoms with van der Waals surface area (Å²) < 4.78 is 14.8. The molecule has 8 heteroatoms. The van der Waals surface area contributed by atoms with Gasteiger partial charge in [-0.2, -0.15) is 0 Å². The number of hydrogen-bond acceptors (Lipinski definition) is 4. The lowest BCUT2D eigenvalue weighted by Crippen LogP contribution is -2.13. The number of alkyl halides is 1. The number of aromatic nitrogens is 3. The standard InChI is InChI=1S/C20H18ClFN4OS/c21-14-5-6-17(24-10-14)28-20-18(25-11-26(20)8-7-22)13-3-1-12(2-4-13)15-9-16(15)19(23)27/h1-6,10-11,15-16H,7-9H2,(H2,23,27)/t15-,16?/m0/s1. The van der Waals surface area contributed by atoms with Crippen molar-refractivity contribution in [2.24, 2.45) is 11.7 Å². The molecule has 4 rings (SSSR count). The summed E-state index contributed by atoms with van der Waals surface area (Å²) in [6.45, 7) is -0.254. The molecule has 1 aliphatic rings. The van der Waals surface area contributed by atoms with E-state index in [0.717, 1.165) is 33.3 Å². The van der Waals surface area contributed by atoms with Gasteiger partial charge in [-0.25, -0.2) is 14.4 Å². The molecule has 1 saturated carbocycles. The van der Waals surface area contributed by atoms with Crippen LogP contribution in [0.1, 0.15) is 17.9 Å². The van der Waals surface area contributed by atoms with Crippen LogP contribution >= 0.6 is 23.4 Å². The number of rotatable bonds is 7. The second-order valence-corrected chi connectivity index (χ2v) is 8.12. The number of nitrogens with zero attached hydrogens (tertiary/aromatic N) is 3. The molecule has 1 aliphatic carbocycles. The Hall–Kier alpha value is -2.38. The maximum atomic E-state index is 13.0. The lowest BCUT2D eigenvalue weighted by molar-refractivity contribution is -0.119. The van der Waals surface area contributed by atoms with Crippen LogP contribution in [0.25, 0.3) is 11.3 Å². The summed E-state index contributed by atoms with van der Waals surface area (Å²) in [5.41, 5.74) is 8.17. The highest BCUT2D eigenvalue weighted by Gasteiger charge is 2.42. The monoisotopic (exact) mass is 416 g/mol. The van der Waals surface area contributed by atoms with Crippen LogP contribution in [0.3, 0.4) is 0 Å². The predicted molar refractivity (Wildman–Crippen MR) is 107 cm³/mol. The lowest BCUT2D eigenvalue weighted by Gasteiger charge is -2.09. The molecule has 0 aliphatic heterocycles. The summed E-state index contributed by atoms with van der Waals surface area (Å²) in [6, 6.07) is 11.6. The molecule has 1 unspecified atom stereocenters. The van der Waals surface area contributed by atoms with Gasteiger partial charge in [-0.15, -0.1) is 0 Å². The quantitative estimate of drug-likeness (QED) is 0.622. The Morgan fingerprint density at radius 3 is 2.64 bits per heavy atom. The smallest absolute Gasteiger partial charge is 0.221 e. The highest BCUT2D eigenvalue weighted by molar-refractivity contribution is 7.99. The summed E-state index contributed by atoms with van der Waals surface area (Å²) >= 11 is 7.33. The number of amides is 1. The molecular formula is C20H18ClFN4OS. The lowest BCUT2D eigenvalue weighted by atomic mass is 10.1. The number of carbonyl (C=O) groups is 1. The number of halogens is 2. The fraction of sp³-hybridized carbons (Fsp3) is 0.250. The summed E-state index contributed by atoms with van der Waals surface area (Å²) in [4.78, 5) is 20.1. The first-order chi connectivity index (χ1) is 13.6. The highest BCUT2D eigenvalue weighted by atomic mass is 35.5. The van der Waals surface area contributed by atoms with Crippen molar-refractivity contribution in [2.45, 2.75) is 28.9 Å². The fourth-order valence-corrected chi connectivity index (χ4v) is 4.29. The Morgan fingerprint density at radius 1 is 1.25 bits per heavy atom. The molecule has 0 saturated heterocycles. The molecule has 2 atom stereocenters. The SMILES string of the molecule is NC(=O)C1C[C@H]1c1ccc(-c2ncn(CCF)c2Sc2ccc(Cl)cn2)cc1. The average Bonchev–Trinajstić information content (AvgIpc) is 3.41. The minimum atomic E-state index is -0.480. The molecule has 2 aromatic heterocycles. The first kappa shape index (κ1) is 19.0. The zero-order valence-electron chi connectivity index (χ0n) is 14.9. The average molecular weight is 417 g/mol. The van der Waals surface area contributed by atoms with Crippen molar-refractivity contribution in [3.63, 3.8) is 0 Å². The Morgan fingerprint density at radius 2 is 2.04 bits per heavy atom. The van der Waals surface area contributed by atoms with E-state index in [-0.39, 0.29) is 24.3 Å². The van der Waals surface area contributed by atoms with Crippen LogP contribution < -0.4 is 5.73 Å². The van der Waals surface area contributed by atoms with Gasteiger partial charge in [-0.3, -0.25) is 4.79 Å². The molecule has 5 nitrogen and oxygen atoms in total. The van der Waals surface area contributed by atoms with Gasteiger partial charge in [0.2, 0.25) is 5.91 Å². The zero-order chi connectivity index (χ0) is 19.7. The van der Waals surface area contributed by atoms with Crippen LogP contribution in [-0.4, -0.2) is 27.1 Å². The van der Waals surface area contributed by atoms with Crippen LogP contribution in [0, 0.1) is 5.92 Å². The number of aryl methyl sites for hydroxylation is 1. The van der Waals surface area contributed by atoms with Crippen molar-refractivity contribution >= 4 is 29.3 Å². The summed E-state index contributed by atoms with van der Waals surface area (Å²) in [5, 5.41) is 2.14. The fourth-order valence-electron chi connectivity index (χ4n) is 3.21. The van der Waals surface area contributed by atoms with Crippen molar-refractivity contribution in [1.82, 2.24) is 14.5 Å². The predicted octanol–water partition coefficient (Wildman–Crippen LogP) is 4.31. The van der Waals surface area contributed by atoms with Crippen molar-refractivity contribution in [1.29, 1.82) is 0 Å². The molecule has 0 radical (unpaired) electrons. The van der Waals surface area contributed by atoms with E-state index in [0.29, 0.717) is 5.02 Å². The maximum absolute atomic E-state index is 13.0. The first-order valence-corrected chi connectivity index (χ1v) is 10.1. The van der Waals surface area contributed by atoms with E-state index in [4.69, 9.17) is 17.3 Å². The van der Waals surface area contributed by atoms with E-state index in [1.165, 1.54) is 11.8 Å². The molecule has 1 amide bonds. The molecule has 1 fully saturated rings. The van der Waals surface area contributed by atoms with E-state index in [1.807, 2.05) is 30.3 Å². The number of hydrogen-bond donors (Lipinski definition) is 1. The van der Waals surface area contributed by atoms with Crippen LogP contribution in [-0.2, 0) is 11.3 Å². The number of imidazole rings is 1. The largest absolute Gasteiger partial charge is 0.369 e. The summed E-state index contributed by atoms with van der Waals surface area (Å²) in [7, 11) is 0. The van der Waals surface area contributed by atoms with Crippen molar-refractivity contribution < 1.29 is 9.18 Å². The second kappa shape index (κ2) is 7.93. The van der Waals surface area contributed by atoms with E-state index in [2.05, 4.69) is 9.97 Å². The van der Waals surface area contributed by atoms with Gasteiger partial charge in [0.25, 0.3) is 0 Å². The molecule has 2 N–H and O–H groups in total. The molecule has 0 bridgehead atoms.